The maximum Gasteiger partial charge on any atom is 0.185 e. The molecule has 56 valence electrons. The van der Waals surface area contributed by atoms with E-state index in [0.717, 1.165) is 13.0 Å². The van der Waals surface area contributed by atoms with Gasteiger partial charge in [0.25, 0.3) is 0 Å². The average Bonchev–Trinajstić information content (AvgIpc) is 2.40. The summed E-state index contributed by atoms with van der Waals surface area (Å²) in [5.41, 5.74) is 0. The monoisotopic (exact) mass is 141 g/mol. The Kier molecular flexibility index (Phi) is 1.14. The van der Waals surface area contributed by atoms with E-state index in [1.165, 1.54) is 0 Å². The zero-order chi connectivity index (χ0) is 7.14. The van der Waals surface area contributed by atoms with E-state index in [1.807, 2.05) is 17.9 Å². The van der Waals surface area contributed by atoms with E-state index in [2.05, 4.69) is 0 Å². The van der Waals surface area contributed by atoms with Gasteiger partial charge in [0, 0.05) is 0 Å². The standard InChI is InChI=1S/C7H11NO2/c1-5-8-6(4-10-5)2-3-7(8)9/h3,5-6,9H,2,4H2,1H3/t5-,6+/m1/s1. The molecule has 1 N–H and O–H groups in total. The summed E-state index contributed by atoms with van der Waals surface area (Å²) >= 11 is 0. The Morgan fingerprint density at radius 1 is 1.80 bits per heavy atom. The maximum atomic E-state index is 9.28. The molecule has 2 aliphatic rings. The van der Waals surface area contributed by atoms with Crippen molar-refractivity contribution in [1.82, 2.24) is 4.90 Å². The SMILES string of the molecule is C[C@H]1OC[C@@H]2CC=C(O)N21. The van der Waals surface area contributed by atoms with Crippen LogP contribution in [0.1, 0.15) is 13.3 Å². The lowest BCUT2D eigenvalue weighted by Gasteiger charge is -2.20. The van der Waals surface area contributed by atoms with Gasteiger partial charge < -0.3 is 14.7 Å². The summed E-state index contributed by atoms with van der Waals surface area (Å²) in [4.78, 5) is 1.92. The first-order valence-corrected chi connectivity index (χ1v) is 3.58. The van der Waals surface area contributed by atoms with Crippen molar-refractivity contribution in [2.24, 2.45) is 0 Å². The van der Waals surface area contributed by atoms with E-state index < -0.39 is 0 Å². The van der Waals surface area contributed by atoms with Crippen molar-refractivity contribution in [2.45, 2.75) is 25.6 Å². The second kappa shape index (κ2) is 1.89. The molecule has 2 heterocycles. The summed E-state index contributed by atoms with van der Waals surface area (Å²) in [7, 11) is 0. The molecule has 0 radical (unpaired) electrons. The van der Waals surface area contributed by atoms with Crippen LogP contribution in [0.25, 0.3) is 0 Å². The number of aliphatic hydroxyl groups excluding tert-OH is 1. The third-order valence-corrected chi connectivity index (χ3v) is 2.15. The van der Waals surface area contributed by atoms with Crippen LogP contribution in [0, 0.1) is 0 Å². The normalized spacial score (nSPS) is 38.1. The van der Waals surface area contributed by atoms with Crippen molar-refractivity contribution in [3.8, 4) is 0 Å². The van der Waals surface area contributed by atoms with Crippen LogP contribution in [0.3, 0.4) is 0 Å². The van der Waals surface area contributed by atoms with E-state index in [0.29, 0.717) is 11.9 Å². The molecule has 0 saturated carbocycles. The van der Waals surface area contributed by atoms with E-state index in [4.69, 9.17) is 4.74 Å². The summed E-state index contributed by atoms with van der Waals surface area (Å²) in [5.74, 6) is 0.384. The molecule has 3 nitrogen and oxygen atoms in total. The first kappa shape index (κ1) is 6.04. The molecule has 0 bridgehead atoms. The highest BCUT2D eigenvalue weighted by Gasteiger charge is 2.35. The molecule has 1 saturated heterocycles. The molecule has 10 heavy (non-hydrogen) atoms. The minimum atomic E-state index is 0.0590. The summed E-state index contributed by atoms with van der Waals surface area (Å²) in [6.45, 7) is 2.71. The molecule has 0 spiro atoms. The van der Waals surface area contributed by atoms with Crippen molar-refractivity contribution >= 4 is 0 Å². The minimum Gasteiger partial charge on any atom is -0.495 e. The Bertz CT molecular complexity index is 178. The van der Waals surface area contributed by atoms with Gasteiger partial charge in [-0.1, -0.05) is 0 Å². The van der Waals surface area contributed by atoms with Crippen molar-refractivity contribution < 1.29 is 9.84 Å². The van der Waals surface area contributed by atoms with E-state index in [9.17, 15) is 5.11 Å². The highest BCUT2D eigenvalue weighted by molar-refractivity contribution is 5.06. The quantitative estimate of drug-likeness (QED) is 0.542. The molecule has 0 aliphatic carbocycles. The number of ether oxygens (including phenoxy) is 1. The lowest BCUT2D eigenvalue weighted by atomic mass is 10.2. The second-order valence-corrected chi connectivity index (χ2v) is 2.79. The molecule has 1 fully saturated rings. The van der Waals surface area contributed by atoms with Crippen molar-refractivity contribution in [3.05, 3.63) is 12.0 Å². The fourth-order valence-corrected chi connectivity index (χ4v) is 1.61. The predicted molar refractivity (Wildman–Crippen MR) is 36.4 cm³/mol. The van der Waals surface area contributed by atoms with E-state index in [1.54, 1.807) is 0 Å². The fraction of sp³-hybridized carbons (Fsp3) is 0.714. The number of nitrogens with zero attached hydrogens (tertiary/aromatic N) is 1. The topological polar surface area (TPSA) is 32.7 Å². The van der Waals surface area contributed by atoms with Crippen LogP contribution in [-0.4, -0.2) is 28.9 Å². The smallest absolute Gasteiger partial charge is 0.185 e. The number of fused-ring (bicyclic) bond motifs is 1. The molecule has 2 aliphatic heterocycles. The van der Waals surface area contributed by atoms with Crippen molar-refractivity contribution in [1.29, 1.82) is 0 Å². The summed E-state index contributed by atoms with van der Waals surface area (Å²) in [6, 6.07) is 0.398. The van der Waals surface area contributed by atoms with E-state index >= 15 is 0 Å². The third kappa shape index (κ3) is 0.639. The highest BCUT2D eigenvalue weighted by atomic mass is 16.5. The highest BCUT2D eigenvalue weighted by Crippen LogP contribution is 2.28. The van der Waals surface area contributed by atoms with Crippen LogP contribution in [0.5, 0.6) is 0 Å². The maximum absolute atomic E-state index is 9.28. The van der Waals surface area contributed by atoms with Gasteiger partial charge in [-0.3, -0.25) is 0 Å². The van der Waals surface area contributed by atoms with Gasteiger partial charge in [-0.05, 0) is 19.4 Å². The molecule has 0 aromatic rings. The molecule has 0 unspecified atom stereocenters. The Morgan fingerprint density at radius 2 is 2.60 bits per heavy atom. The lowest BCUT2D eigenvalue weighted by Crippen LogP contribution is -2.30. The number of hydrogen-bond donors (Lipinski definition) is 1. The number of aliphatic hydroxyl groups is 1. The van der Waals surface area contributed by atoms with Gasteiger partial charge in [0.05, 0.1) is 12.6 Å². The Balaban J connectivity index is 2.20. The predicted octanol–water partition coefficient (Wildman–Crippen LogP) is 0.836. The van der Waals surface area contributed by atoms with E-state index in [-0.39, 0.29) is 6.23 Å². The van der Waals surface area contributed by atoms with Crippen LogP contribution in [-0.2, 0) is 4.74 Å². The molecular formula is C7H11NO2. The van der Waals surface area contributed by atoms with Gasteiger partial charge >= 0.3 is 0 Å². The molecule has 2 atom stereocenters. The molecular weight excluding hydrogens is 130 g/mol. The first-order valence-electron chi connectivity index (χ1n) is 3.58. The summed E-state index contributed by atoms with van der Waals surface area (Å²) in [6.07, 6.45) is 2.84. The fourth-order valence-electron chi connectivity index (χ4n) is 1.61. The largest absolute Gasteiger partial charge is 0.495 e. The van der Waals surface area contributed by atoms with Gasteiger partial charge in [-0.2, -0.15) is 0 Å². The van der Waals surface area contributed by atoms with Crippen LogP contribution in [0.4, 0.5) is 0 Å². The van der Waals surface area contributed by atoms with Gasteiger partial charge in [-0.15, -0.1) is 0 Å². The molecule has 3 heteroatoms. The third-order valence-electron chi connectivity index (χ3n) is 2.15. The molecule has 0 amide bonds. The Labute approximate surface area is 59.9 Å². The Morgan fingerprint density at radius 3 is 3.30 bits per heavy atom. The zero-order valence-corrected chi connectivity index (χ0v) is 5.95. The van der Waals surface area contributed by atoms with Crippen LogP contribution in [0.15, 0.2) is 12.0 Å². The summed E-state index contributed by atoms with van der Waals surface area (Å²) < 4.78 is 5.32. The molecule has 0 aromatic carbocycles. The minimum absolute atomic E-state index is 0.0590. The van der Waals surface area contributed by atoms with Crippen molar-refractivity contribution in [2.75, 3.05) is 6.61 Å². The van der Waals surface area contributed by atoms with Gasteiger partial charge in [0.15, 0.2) is 5.88 Å². The molecule has 2 rings (SSSR count). The number of rotatable bonds is 0. The Hall–Kier alpha value is -0.700. The van der Waals surface area contributed by atoms with Gasteiger partial charge in [0.1, 0.15) is 6.23 Å². The second-order valence-electron chi connectivity index (χ2n) is 2.79. The van der Waals surface area contributed by atoms with Crippen LogP contribution < -0.4 is 0 Å². The molecule has 0 aromatic heterocycles. The van der Waals surface area contributed by atoms with Gasteiger partial charge in [-0.25, -0.2) is 0 Å². The zero-order valence-electron chi connectivity index (χ0n) is 5.95. The number of hydrogen-bond acceptors (Lipinski definition) is 3. The van der Waals surface area contributed by atoms with Gasteiger partial charge in [0.2, 0.25) is 0 Å². The van der Waals surface area contributed by atoms with Crippen LogP contribution in [0.2, 0.25) is 0 Å². The van der Waals surface area contributed by atoms with Crippen LogP contribution >= 0.6 is 0 Å². The summed E-state index contributed by atoms with van der Waals surface area (Å²) in [5, 5.41) is 9.28. The lowest BCUT2D eigenvalue weighted by molar-refractivity contribution is 0.0425. The first-order chi connectivity index (χ1) is 4.79. The van der Waals surface area contributed by atoms with Crippen molar-refractivity contribution in [3.63, 3.8) is 0 Å². The average molecular weight is 141 g/mol.